The van der Waals surface area contributed by atoms with E-state index in [0.29, 0.717) is 24.5 Å². The van der Waals surface area contributed by atoms with Crippen molar-refractivity contribution in [3.05, 3.63) is 59.1 Å². The molecular weight excluding hydrogens is 368 g/mol. The zero-order chi connectivity index (χ0) is 18.5. The maximum atomic E-state index is 12.6. The topological polar surface area (TPSA) is 49.4 Å². The number of hydrogen-bond acceptors (Lipinski definition) is 3. The first-order valence-corrected chi connectivity index (χ1v) is 10.2. The largest absolute Gasteiger partial charge is 0.355 e. The molecular formula is C20H21ClN2O2S. The minimum Gasteiger partial charge on any atom is -0.355 e. The van der Waals surface area contributed by atoms with Crippen LogP contribution in [0.15, 0.2) is 53.4 Å². The molecule has 1 saturated heterocycles. The van der Waals surface area contributed by atoms with Crippen molar-refractivity contribution in [3.63, 3.8) is 0 Å². The van der Waals surface area contributed by atoms with E-state index in [1.54, 1.807) is 40.9 Å². The molecule has 0 saturated carbocycles. The molecule has 4 nitrogen and oxygen atoms in total. The van der Waals surface area contributed by atoms with E-state index in [1.165, 1.54) is 10.5 Å². The molecule has 1 atom stereocenters. The number of benzene rings is 2. The van der Waals surface area contributed by atoms with Crippen molar-refractivity contribution in [1.29, 1.82) is 0 Å². The van der Waals surface area contributed by atoms with Crippen molar-refractivity contribution in [1.82, 2.24) is 5.32 Å². The van der Waals surface area contributed by atoms with E-state index in [2.05, 4.69) is 29.6 Å². The van der Waals surface area contributed by atoms with Gasteiger partial charge in [0.2, 0.25) is 11.8 Å². The first kappa shape index (κ1) is 18.8. The van der Waals surface area contributed by atoms with Crippen molar-refractivity contribution in [3.8, 4) is 0 Å². The minimum atomic E-state index is -0.607. The lowest BCUT2D eigenvalue weighted by Crippen LogP contribution is -2.37. The number of nitrogens with one attached hydrogen (secondary N) is 1. The lowest BCUT2D eigenvalue weighted by molar-refractivity contribution is -0.132. The summed E-state index contributed by atoms with van der Waals surface area (Å²) in [5, 5.41) is 3.53. The number of carbonyl (C=O) groups excluding carboxylic acids is 2. The summed E-state index contributed by atoms with van der Waals surface area (Å²) in [6, 6.07) is 15.4. The molecule has 0 bridgehead atoms. The molecule has 0 spiro atoms. The number of carbonyl (C=O) groups is 2. The minimum absolute atomic E-state index is 0.144. The SMILES string of the molecule is CSc1ccc(CCNC(=O)C2CCN(c3ccc(Cl)cc3)C2=O)cc1. The van der Waals surface area contributed by atoms with Crippen LogP contribution in [0.3, 0.4) is 0 Å². The van der Waals surface area contributed by atoms with Gasteiger partial charge in [-0.1, -0.05) is 23.7 Å². The van der Waals surface area contributed by atoms with E-state index in [9.17, 15) is 9.59 Å². The lowest BCUT2D eigenvalue weighted by Gasteiger charge is -2.17. The molecule has 2 aromatic carbocycles. The molecule has 0 aromatic heterocycles. The number of amides is 2. The maximum Gasteiger partial charge on any atom is 0.239 e. The van der Waals surface area contributed by atoms with Gasteiger partial charge in [-0.05, 0) is 61.1 Å². The molecule has 0 aliphatic carbocycles. The van der Waals surface area contributed by atoms with Crippen LogP contribution in [-0.2, 0) is 16.0 Å². The van der Waals surface area contributed by atoms with Crippen molar-refractivity contribution < 1.29 is 9.59 Å². The molecule has 0 radical (unpaired) electrons. The second-order valence-corrected chi connectivity index (χ2v) is 7.51. The van der Waals surface area contributed by atoms with Crippen LogP contribution in [0, 0.1) is 5.92 Å². The Bertz CT molecular complexity index is 777. The van der Waals surface area contributed by atoms with Crippen LogP contribution >= 0.6 is 23.4 Å². The summed E-state index contributed by atoms with van der Waals surface area (Å²) in [4.78, 5) is 27.8. The van der Waals surface area contributed by atoms with E-state index >= 15 is 0 Å². The third kappa shape index (κ3) is 4.40. The predicted octanol–water partition coefficient (Wildman–Crippen LogP) is 3.77. The Morgan fingerprint density at radius 1 is 1.19 bits per heavy atom. The maximum absolute atomic E-state index is 12.6. The van der Waals surface area contributed by atoms with Crippen molar-refractivity contribution in [2.75, 3.05) is 24.2 Å². The fourth-order valence-corrected chi connectivity index (χ4v) is 3.58. The van der Waals surface area contributed by atoms with Gasteiger partial charge < -0.3 is 10.2 Å². The monoisotopic (exact) mass is 388 g/mol. The summed E-state index contributed by atoms with van der Waals surface area (Å²) in [5.74, 6) is -0.939. The van der Waals surface area contributed by atoms with E-state index in [4.69, 9.17) is 11.6 Å². The zero-order valence-electron chi connectivity index (χ0n) is 14.6. The van der Waals surface area contributed by atoms with Crippen LogP contribution in [0.2, 0.25) is 5.02 Å². The zero-order valence-corrected chi connectivity index (χ0v) is 16.1. The standard InChI is InChI=1S/C20H21ClN2O2S/c1-26-17-8-2-14(3-9-17)10-12-22-19(24)18-11-13-23(20(18)25)16-6-4-15(21)5-7-16/h2-9,18H,10-13H2,1H3,(H,22,24). The van der Waals surface area contributed by atoms with Gasteiger partial charge in [0, 0.05) is 28.7 Å². The third-order valence-corrected chi connectivity index (χ3v) is 5.53. The normalized spacial score (nSPS) is 16.8. The number of rotatable bonds is 6. The van der Waals surface area contributed by atoms with Gasteiger partial charge in [-0.15, -0.1) is 11.8 Å². The van der Waals surface area contributed by atoms with Crippen LogP contribution in [0.1, 0.15) is 12.0 Å². The Labute approximate surface area is 162 Å². The third-order valence-electron chi connectivity index (χ3n) is 4.53. The summed E-state index contributed by atoms with van der Waals surface area (Å²) in [7, 11) is 0. The second-order valence-electron chi connectivity index (χ2n) is 6.20. The number of halogens is 1. The quantitative estimate of drug-likeness (QED) is 0.605. The van der Waals surface area contributed by atoms with Gasteiger partial charge in [0.15, 0.2) is 0 Å². The first-order chi connectivity index (χ1) is 12.6. The average molecular weight is 389 g/mol. The smallest absolute Gasteiger partial charge is 0.239 e. The second kappa shape index (κ2) is 8.60. The Morgan fingerprint density at radius 2 is 1.88 bits per heavy atom. The molecule has 3 rings (SSSR count). The summed E-state index contributed by atoms with van der Waals surface area (Å²) in [6.45, 7) is 1.08. The average Bonchev–Trinajstić information content (AvgIpc) is 3.04. The number of hydrogen-bond donors (Lipinski definition) is 1. The van der Waals surface area contributed by atoms with Crippen LogP contribution in [0.5, 0.6) is 0 Å². The molecule has 26 heavy (non-hydrogen) atoms. The van der Waals surface area contributed by atoms with Gasteiger partial charge in [0.1, 0.15) is 5.92 Å². The predicted molar refractivity (Wildman–Crippen MR) is 107 cm³/mol. The van der Waals surface area contributed by atoms with Gasteiger partial charge in [-0.3, -0.25) is 9.59 Å². The van der Waals surface area contributed by atoms with E-state index in [0.717, 1.165) is 12.1 Å². The number of anilines is 1. The highest BCUT2D eigenvalue weighted by Crippen LogP contribution is 2.26. The molecule has 1 aliphatic rings. The number of thioether (sulfide) groups is 1. The fourth-order valence-electron chi connectivity index (χ4n) is 3.05. The lowest BCUT2D eigenvalue weighted by atomic mass is 10.1. The van der Waals surface area contributed by atoms with Crippen LogP contribution in [0.25, 0.3) is 0 Å². The molecule has 2 amide bonds. The van der Waals surface area contributed by atoms with Crippen molar-refractivity contribution in [2.24, 2.45) is 5.92 Å². The van der Waals surface area contributed by atoms with E-state index in [1.807, 2.05) is 6.26 Å². The highest BCUT2D eigenvalue weighted by atomic mass is 35.5. The fraction of sp³-hybridized carbons (Fsp3) is 0.300. The molecule has 1 fully saturated rings. The van der Waals surface area contributed by atoms with Crippen molar-refractivity contribution in [2.45, 2.75) is 17.7 Å². The highest BCUT2D eigenvalue weighted by molar-refractivity contribution is 7.98. The van der Waals surface area contributed by atoms with Crippen molar-refractivity contribution >= 4 is 40.9 Å². The Kier molecular flexibility index (Phi) is 6.22. The van der Waals surface area contributed by atoms with Gasteiger partial charge in [-0.25, -0.2) is 0 Å². The Hall–Kier alpha value is -1.98. The van der Waals surface area contributed by atoms with Gasteiger partial charge in [0.05, 0.1) is 0 Å². The summed E-state index contributed by atoms with van der Waals surface area (Å²) in [5.41, 5.74) is 1.95. The number of nitrogens with zero attached hydrogens (tertiary/aromatic N) is 1. The Balaban J connectivity index is 1.51. The molecule has 6 heteroatoms. The molecule has 1 aliphatic heterocycles. The summed E-state index contributed by atoms with van der Waals surface area (Å²) >= 11 is 7.59. The van der Waals surface area contributed by atoms with E-state index < -0.39 is 5.92 Å². The Morgan fingerprint density at radius 3 is 2.54 bits per heavy atom. The summed E-state index contributed by atoms with van der Waals surface area (Å²) in [6.07, 6.45) is 3.33. The van der Waals surface area contributed by atoms with Crippen LogP contribution in [-0.4, -0.2) is 31.2 Å². The molecule has 136 valence electrons. The van der Waals surface area contributed by atoms with Crippen LogP contribution in [0.4, 0.5) is 5.69 Å². The van der Waals surface area contributed by atoms with Gasteiger partial charge in [0.25, 0.3) is 0 Å². The molecule has 2 aromatic rings. The molecule has 1 N–H and O–H groups in total. The van der Waals surface area contributed by atoms with Gasteiger partial charge in [-0.2, -0.15) is 0 Å². The van der Waals surface area contributed by atoms with Gasteiger partial charge >= 0.3 is 0 Å². The molecule has 1 heterocycles. The van der Waals surface area contributed by atoms with E-state index in [-0.39, 0.29) is 11.8 Å². The summed E-state index contributed by atoms with van der Waals surface area (Å²) < 4.78 is 0. The van der Waals surface area contributed by atoms with Crippen LogP contribution < -0.4 is 10.2 Å². The highest BCUT2D eigenvalue weighted by Gasteiger charge is 2.37. The molecule has 1 unspecified atom stereocenters. The first-order valence-electron chi connectivity index (χ1n) is 8.56.